The third kappa shape index (κ3) is 7.12. The van der Waals surface area contributed by atoms with Gasteiger partial charge in [-0.15, -0.1) is 0 Å². The van der Waals surface area contributed by atoms with E-state index in [1.54, 1.807) is 13.8 Å². The molecule has 1 aromatic rings. The number of amides is 2. The third-order valence-electron chi connectivity index (χ3n) is 2.99. The molecule has 0 aliphatic carbocycles. The number of hydrogen-bond donors (Lipinski definition) is 3. The Bertz CT molecular complexity index is 516. The number of alkyl carbamates (subject to hydrolysis) is 1. The molecular weight excluding hydrogens is 300 g/mol. The zero-order valence-corrected chi connectivity index (χ0v) is 13.6. The molecule has 2 unspecified atom stereocenters. The topological polar surface area (TPSA) is 111 Å². The van der Waals surface area contributed by atoms with Crippen LogP contribution in [0.25, 0.3) is 0 Å². The highest BCUT2D eigenvalue weighted by molar-refractivity contribution is 5.84. The smallest absolute Gasteiger partial charge is 0.408 e. The van der Waals surface area contributed by atoms with Crippen molar-refractivity contribution in [1.29, 1.82) is 0 Å². The molecule has 0 spiro atoms. The monoisotopic (exact) mass is 324 g/mol. The van der Waals surface area contributed by atoms with Gasteiger partial charge in [-0.05, 0) is 26.3 Å². The summed E-state index contributed by atoms with van der Waals surface area (Å²) < 4.78 is 10.8. The van der Waals surface area contributed by atoms with Gasteiger partial charge < -0.3 is 25.6 Å². The number of nitrogens with two attached hydrogens (primary N) is 1. The van der Waals surface area contributed by atoms with E-state index in [2.05, 4.69) is 5.32 Å². The SMILES string of the molecule is CC(O)C(NC(=O)OC(C)(C)COCc1ccccc1)C(N)=O. The zero-order valence-electron chi connectivity index (χ0n) is 13.6. The maximum atomic E-state index is 11.8. The van der Waals surface area contributed by atoms with Gasteiger partial charge in [0, 0.05) is 0 Å². The maximum Gasteiger partial charge on any atom is 0.408 e. The van der Waals surface area contributed by atoms with Crippen molar-refractivity contribution in [1.82, 2.24) is 5.32 Å². The van der Waals surface area contributed by atoms with E-state index in [0.717, 1.165) is 5.56 Å². The molecule has 2 amide bonds. The van der Waals surface area contributed by atoms with Crippen LogP contribution in [0.1, 0.15) is 26.3 Å². The van der Waals surface area contributed by atoms with Crippen LogP contribution in [0.4, 0.5) is 4.79 Å². The second kappa shape index (κ2) is 8.50. The van der Waals surface area contributed by atoms with Crippen LogP contribution in [0.3, 0.4) is 0 Å². The minimum absolute atomic E-state index is 0.172. The molecule has 7 heteroatoms. The van der Waals surface area contributed by atoms with Crippen molar-refractivity contribution in [2.45, 2.75) is 45.1 Å². The molecule has 0 aromatic heterocycles. The van der Waals surface area contributed by atoms with Crippen LogP contribution in [0.15, 0.2) is 30.3 Å². The number of carbonyl (C=O) groups is 2. The van der Waals surface area contributed by atoms with Gasteiger partial charge in [-0.3, -0.25) is 4.79 Å². The zero-order chi connectivity index (χ0) is 17.5. The largest absolute Gasteiger partial charge is 0.441 e. The van der Waals surface area contributed by atoms with Crippen LogP contribution in [0.5, 0.6) is 0 Å². The van der Waals surface area contributed by atoms with Crippen LogP contribution in [0, 0.1) is 0 Å². The lowest BCUT2D eigenvalue weighted by molar-refractivity contribution is -0.122. The fraction of sp³-hybridized carbons (Fsp3) is 0.500. The lowest BCUT2D eigenvalue weighted by Gasteiger charge is -2.26. The Balaban J connectivity index is 2.44. The Morgan fingerprint density at radius 1 is 1.30 bits per heavy atom. The first kappa shape index (κ1) is 18.9. The Morgan fingerprint density at radius 3 is 2.43 bits per heavy atom. The van der Waals surface area contributed by atoms with Crippen LogP contribution >= 0.6 is 0 Å². The van der Waals surface area contributed by atoms with Gasteiger partial charge in [0.15, 0.2) is 0 Å². The first-order valence-corrected chi connectivity index (χ1v) is 7.30. The number of rotatable bonds is 8. The molecule has 0 radical (unpaired) electrons. The highest BCUT2D eigenvalue weighted by atomic mass is 16.6. The predicted octanol–water partition coefficient (Wildman–Crippen LogP) is 0.943. The molecular formula is C16H24N2O5. The van der Waals surface area contributed by atoms with E-state index >= 15 is 0 Å². The van der Waals surface area contributed by atoms with Crippen molar-refractivity contribution >= 4 is 12.0 Å². The van der Waals surface area contributed by atoms with Gasteiger partial charge in [0.25, 0.3) is 0 Å². The van der Waals surface area contributed by atoms with Gasteiger partial charge >= 0.3 is 6.09 Å². The predicted molar refractivity (Wildman–Crippen MR) is 84.5 cm³/mol. The summed E-state index contributed by atoms with van der Waals surface area (Å²) in [5.41, 5.74) is 5.21. The summed E-state index contributed by atoms with van der Waals surface area (Å²) in [7, 11) is 0. The molecule has 2 atom stereocenters. The summed E-state index contributed by atoms with van der Waals surface area (Å²) in [5.74, 6) is -0.838. The highest BCUT2D eigenvalue weighted by Gasteiger charge is 2.28. The van der Waals surface area contributed by atoms with Crippen molar-refractivity contribution in [3.63, 3.8) is 0 Å². The van der Waals surface area contributed by atoms with E-state index in [-0.39, 0.29) is 6.61 Å². The molecule has 0 aliphatic heterocycles. The summed E-state index contributed by atoms with van der Waals surface area (Å²) in [4.78, 5) is 22.9. The van der Waals surface area contributed by atoms with Crippen molar-refractivity contribution < 1.29 is 24.2 Å². The second-order valence-corrected chi connectivity index (χ2v) is 5.89. The number of aliphatic hydroxyl groups is 1. The quantitative estimate of drug-likeness (QED) is 0.659. The van der Waals surface area contributed by atoms with E-state index < -0.39 is 29.7 Å². The lowest BCUT2D eigenvalue weighted by Crippen LogP contribution is -2.52. The van der Waals surface area contributed by atoms with Crippen LogP contribution in [0.2, 0.25) is 0 Å². The summed E-state index contributed by atoms with van der Waals surface area (Å²) in [6, 6.07) is 8.39. The average Bonchev–Trinajstić information content (AvgIpc) is 2.44. The fourth-order valence-electron chi connectivity index (χ4n) is 1.86. The molecule has 128 valence electrons. The minimum Gasteiger partial charge on any atom is -0.441 e. The van der Waals surface area contributed by atoms with Gasteiger partial charge in [-0.1, -0.05) is 30.3 Å². The van der Waals surface area contributed by atoms with Crippen molar-refractivity contribution in [2.24, 2.45) is 5.73 Å². The van der Waals surface area contributed by atoms with E-state index in [1.165, 1.54) is 6.92 Å². The molecule has 1 rings (SSSR count). The Kier molecular flexibility index (Phi) is 6.99. The molecule has 0 fully saturated rings. The minimum atomic E-state index is -1.21. The number of primary amides is 1. The summed E-state index contributed by atoms with van der Waals surface area (Å²) in [6.07, 6.45) is -1.96. The maximum absolute atomic E-state index is 11.8. The van der Waals surface area contributed by atoms with Crippen molar-refractivity contribution in [3.05, 3.63) is 35.9 Å². The first-order valence-electron chi connectivity index (χ1n) is 7.30. The molecule has 4 N–H and O–H groups in total. The molecule has 1 aromatic carbocycles. The van der Waals surface area contributed by atoms with E-state index in [1.807, 2.05) is 30.3 Å². The molecule has 23 heavy (non-hydrogen) atoms. The average molecular weight is 324 g/mol. The van der Waals surface area contributed by atoms with Crippen LogP contribution < -0.4 is 11.1 Å². The molecule has 0 bridgehead atoms. The third-order valence-corrected chi connectivity index (χ3v) is 2.99. The highest BCUT2D eigenvalue weighted by Crippen LogP contribution is 2.12. The van der Waals surface area contributed by atoms with Crippen molar-refractivity contribution in [2.75, 3.05) is 6.61 Å². The number of nitrogens with one attached hydrogen (secondary N) is 1. The molecule has 0 saturated heterocycles. The molecule has 0 saturated carbocycles. The number of hydrogen-bond acceptors (Lipinski definition) is 5. The van der Waals surface area contributed by atoms with Crippen LogP contribution in [-0.2, 0) is 20.9 Å². The number of ether oxygens (including phenoxy) is 2. The number of carbonyl (C=O) groups excluding carboxylic acids is 2. The summed E-state index contributed by atoms with van der Waals surface area (Å²) in [6.45, 7) is 5.28. The number of aliphatic hydroxyl groups excluding tert-OH is 1. The molecule has 0 aliphatic rings. The van der Waals surface area contributed by atoms with E-state index in [4.69, 9.17) is 15.2 Å². The van der Waals surface area contributed by atoms with Crippen LogP contribution in [-0.4, -0.2) is 41.5 Å². The number of benzene rings is 1. The van der Waals surface area contributed by atoms with Gasteiger partial charge in [-0.25, -0.2) is 4.79 Å². The van der Waals surface area contributed by atoms with Gasteiger partial charge in [0.05, 0.1) is 19.3 Å². The standard InChI is InChI=1S/C16H24N2O5/c1-11(19)13(14(17)20)18-15(21)23-16(2,3)10-22-9-12-7-5-4-6-8-12/h4-8,11,13,19H,9-10H2,1-3H3,(H2,17,20)(H,18,21). The Labute approximate surface area is 135 Å². The summed E-state index contributed by atoms with van der Waals surface area (Å²) >= 11 is 0. The lowest BCUT2D eigenvalue weighted by atomic mass is 10.1. The molecule has 7 nitrogen and oxygen atoms in total. The summed E-state index contributed by atoms with van der Waals surface area (Å²) in [5, 5.41) is 11.6. The normalized spacial score (nSPS) is 13.9. The Morgan fingerprint density at radius 2 is 1.91 bits per heavy atom. The van der Waals surface area contributed by atoms with E-state index in [9.17, 15) is 14.7 Å². The fourth-order valence-corrected chi connectivity index (χ4v) is 1.86. The van der Waals surface area contributed by atoms with Gasteiger partial charge in [0.1, 0.15) is 11.6 Å². The second-order valence-electron chi connectivity index (χ2n) is 5.89. The van der Waals surface area contributed by atoms with Crippen molar-refractivity contribution in [3.8, 4) is 0 Å². The van der Waals surface area contributed by atoms with E-state index in [0.29, 0.717) is 6.61 Å². The first-order chi connectivity index (χ1) is 10.7. The van der Waals surface area contributed by atoms with Gasteiger partial charge in [-0.2, -0.15) is 0 Å². The molecule has 0 heterocycles. The Hall–Kier alpha value is -2.12. The van der Waals surface area contributed by atoms with Gasteiger partial charge in [0.2, 0.25) is 5.91 Å².